The average molecular weight is 245 g/mol. The summed E-state index contributed by atoms with van der Waals surface area (Å²) in [6.07, 6.45) is -4.26. The zero-order chi connectivity index (χ0) is 11.8. The number of hydrogen-bond acceptors (Lipinski definition) is 2. The van der Waals surface area contributed by atoms with Crippen LogP contribution >= 0.6 is 11.8 Å². The molecule has 0 atom stereocenters. The molecule has 0 spiro atoms. The Labute approximate surface area is 95.9 Å². The molecule has 0 unspecified atom stereocenters. The maximum atomic E-state index is 12.3. The number of halogens is 3. The Hall–Kier alpha value is -1.10. The summed E-state index contributed by atoms with van der Waals surface area (Å²) in [5.74, 6) is 0.844. The SMILES string of the molecule is CN1CSC=C1c1ccc(C(F)(F)F)cc1. The minimum atomic E-state index is -4.26. The topological polar surface area (TPSA) is 3.24 Å². The molecule has 0 aliphatic carbocycles. The maximum absolute atomic E-state index is 12.3. The number of thioether (sulfide) groups is 1. The van der Waals surface area contributed by atoms with Gasteiger partial charge in [-0.05, 0) is 23.1 Å². The standard InChI is InChI=1S/C11H10F3NS/c1-15-7-16-6-10(15)8-2-4-9(5-3-8)11(12,13)14/h2-6H,7H2,1H3. The Morgan fingerprint density at radius 2 is 1.81 bits per heavy atom. The summed E-state index contributed by atoms with van der Waals surface area (Å²) in [5.41, 5.74) is 1.18. The highest BCUT2D eigenvalue weighted by Gasteiger charge is 2.30. The first-order valence-corrected chi connectivity index (χ1v) is 5.74. The van der Waals surface area contributed by atoms with E-state index in [1.807, 2.05) is 17.4 Å². The van der Waals surface area contributed by atoms with Gasteiger partial charge in [-0.3, -0.25) is 0 Å². The van der Waals surface area contributed by atoms with E-state index in [0.717, 1.165) is 29.3 Å². The van der Waals surface area contributed by atoms with Crippen LogP contribution in [0.4, 0.5) is 13.2 Å². The molecule has 0 fully saturated rings. The molecule has 1 aliphatic rings. The Morgan fingerprint density at radius 1 is 1.19 bits per heavy atom. The van der Waals surface area contributed by atoms with E-state index in [9.17, 15) is 13.2 Å². The molecule has 2 rings (SSSR count). The van der Waals surface area contributed by atoms with Gasteiger partial charge in [-0.1, -0.05) is 12.1 Å². The van der Waals surface area contributed by atoms with E-state index in [1.165, 1.54) is 12.1 Å². The highest BCUT2D eigenvalue weighted by Crippen LogP contribution is 2.33. The fourth-order valence-corrected chi connectivity index (χ4v) is 2.42. The molecule has 0 radical (unpaired) electrons. The van der Waals surface area contributed by atoms with Gasteiger partial charge in [-0.25, -0.2) is 0 Å². The summed E-state index contributed by atoms with van der Waals surface area (Å²) in [7, 11) is 1.92. The van der Waals surface area contributed by atoms with Crippen LogP contribution in [0.5, 0.6) is 0 Å². The molecule has 5 heteroatoms. The van der Waals surface area contributed by atoms with Crippen molar-refractivity contribution in [3.05, 3.63) is 40.8 Å². The third kappa shape index (κ3) is 2.19. The summed E-state index contributed by atoms with van der Waals surface area (Å²) < 4.78 is 37.0. The molecule has 0 amide bonds. The van der Waals surface area contributed by atoms with E-state index in [-0.39, 0.29) is 0 Å². The molecular weight excluding hydrogens is 235 g/mol. The lowest BCUT2D eigenvalue weighted by atomic mass is 10.1. The third-order valence-corrected chi connectivity index (χ3v) is 3.31. The predicted molar refractivity (Wildman–Crippen MR) is 59.6 cm³/mol. The van der Waals surface area contributed by atoms with E-state index >= 15 is 0 Å². The first-order chi connectivity index (χ1) is 7.48. The van der Waals surface area contributed by atoms with Crippen LogP contribution in [0.2, 0.25) is 0 Å². The van der Waals surface area contributed by atoms with Crippen molar-refractivity contribution in [3.63, 3.8) is 0 Å². The highest BCUT2D eigenvalue weighted by atomic mass is 32.2. The molecule has 1 nitrogen and oxygen atoms in total. The second-order valence-corrected chi connectivity index (χ2v) is 4.40. The van der Waals surface area contributed by atoms with Gasteiger partial charge in [0.05, 0.1) is 17.1 Å². The summed E-state index contributed by atoms with van der Waals surface area (Å²) in [6.45, 7) is 0. The Morgan fingerprint density at radius 3 is 2.25 bits per heavy atom. The van der Waals surface area contributed by atoms with E-state index in [1.54, 1.807) is 11.8 Å². The average Bonchev–Trinajstić information content (AvgIpc) is 2.63. The van der Waals surface area contributed by atoms with Gasteiger partial charge in [-0.2, -0.15) is 13.2 Å². The van der Waals surface area contributed by atoms with Gasteiger partial charge >= 0.3 is 6.18 Å². The van der Waals surface area contributed by atoms with Crippen LogP contribution in [0, 0.1) is 0 Å². The summed E-state index contributed by atoms with van der Waals surface area (Å²) in [6, 6.07) is 5.26. The molecular formula is C11H10F3NS. The molecule has 1 aromatic carbocycles. The Bertz CT molecular complexity index is 408. The lowest BCUT2D eigenvalue weighted by Gasteiger charge is -2.15. The molecule has 0 saturated carbocycles. The largest absolute Gasteiger partial charge is 0.416 e. The molecule has 1 heterocycles. The third-order valence-electron chi connectivity index (χ3n) is 2.38. The molecule has 16 heavy (non-hydrogen) atoms. The monoisotopic (exact) mass is 245 g/mol. The second-order valence-electron chi connectivity index (χ2n) is 3.57. The van der Waals surface area contributed by atoms with E-state index < -0.39 is 11.7 Å². The molecule has 1 aromatic rings. The van der Waals surface area contributed by atoms with Gasteiger partial charge in [0.15, 0.2) is 0 Å². The maximum Gasteiger partial charge on any atom is 0.416 e. The fourth-order valence-electron chi connectivity index (χ4n) is 1.51. The van der Waals surface area contributed by atoms with Gasteiger partial charge < -0.3 is 4.90 Å². The molecule has 0 bridgehead atoms. The summed E-state index contributed by atoms with van der Waals surface area (Å²) >= 11 is 1.64. The normalized spacial score (nSPS) is 16.5. The number of nitrogens with zero attached hydrogens (tertiary/aromatic N) is 1. The Balaban J connectivity index is 2.26. The quantitative estimate of drug-likeness (QED) is 0.743. The predicted octanol–water partition coefficient (Wildman–Crippen LogP) is 3.64. The van der Waals surface area contributed by atoms with Gasteiger partial charge in [-0.15, -0.1) is 11.8 Å². The van der Waals surface area contributed by atoms with Crippen molar-refractivity contribution in [1.29, 1.82) is 0 Å². The zero-order valence-electron chi connectivity index (χ0n) is 8.58. The van der Waals surface area contributed by atoms with E-state index in [2.05, 4.69) is 0 Å². The lowest BCUT2D eigenvalue weighted by Crippen LogP contribution is -2.11. The number of rotatable bonds is 1. The molecule has 0 N–H and O–H groups in total. The fraction of sp³-hybridized carbons (Fsp3) is 0.273. The van der Waals surface area contributed by atoms with Crippen molar-refractivity contribution >= 4 is 17.5 Å². The van der Waals surface area contributed by atoms with Crippen LogP contribution in [0.15, 0.2) is 29.7 Å². The molecule has 0 aromatic heterocycles. The van der Waals surface area contributed by atoms with Crippen molar-refractivity contribution in [2.45, 2.75) is 6.18 Å². The summed E-state index contributed by atoms with van der Waals surface area (Å²) in [5, 5.41) is 1.96. The number of hydrogen-bond donors (Lipinski definition) is 0. The van der Waals surface area contributed by atoms with E-state index in [4.69, 9.17) is 0 Å². The van der Waals surface area contributed by atoms with Crippen LogP contribution in [0.25, 0.3) is 5.70 Å². The van der Waals surface area contributed by atoms with Gasteiger partial charge in [0.25, 0.3) is 0 Å². The second kappa shape index (κ2) is 4.05. The van der Waals surface area contributed by atoms with Crippen molar-refractivity contribution < 1.29 is 13.2 Å². The molecule has 86 valence electrons. The van der Waals surface area contributed by atoms with Crippen LogP contribution in [-0.4, -0.2) is 17.8 Å². The lowest BCUT2D eigenvalue weighted by molar-refractivity contribution is -0.137. The minimum Gasteiger partial charge on any atom is -0.364 e. The first kappa shape index (κ1) is 11.4. The van der Waals surface area contributed by atoms with Gasteiger partial charge in [0, 0.05) is 7.05 Å². The van der Waals surface area contributed by atoms with Crippen LogP contribution in [0.1, 0.15) is 11.1 Å². The van der Waals surface area contributed by atoms with Gasteiger partial charge in [0.1, 0.15) is 0 Å². The van der Waals surface area contributed by atoms with Crippen molar-refractivity contribution in [2.24, 2.45) is 0 Å². The van der Waals surface area contributed by atoms with Crippen molar-refractivity contribution in [2.75, 3.05) is 12.9 Å². The highest BCUT2D eigenvalue weighted by molar-refractivity contribution is 8.02. The van der Waals surface area contributed by atoms with Crippen LogP contribution in [-0.2, 0) is 6.18 Å². The molecule has 0 saturated heterocycles. The number of benzene rings is 1. The number of alkyl halides is 3. The minimum absolute atomic E-state index is 0.606. The van der Waals surface area contributed by atoms with Gasteiger partial charge in [0.2, 0.25) is 0 Å². The zero-order valence-corrected chi connectivity index (χ0v) is 9.40. The smallest absolute Gasteiger partial charge is 0.364 e. The first-order valence-electron chi connectivity index (χ1n) is 4.69. The van der Waals surface area contributed by atoms with Crippen LogP contribution < -0.4 is 0 Å². The Kier molecular flexibility index (Phi) is 2.88. The molecule has 1 aliphatic heterocycles. The van der Waals surface area contributed by atoms with Crippen LogP contribution in [0.3, 0.4) is 0 Å². The van der Waals surface area contributed by atoms with Crippen molar-refractivity contribution in [1.82, 2.24) is 4.90 Å². The summed E-state index contributed by atoms with van der Waals surface area (Å²) in [4.78, 5) is 2.01. The van der Waals surface area contributed by atoms with Crippen molar-refractivity contribution in [3.8, 4) is 0 Å². The van der Waals surface area contributed by atoms with E-state index in [0.29, 0.717) is 0 Å².